The molecule has 42 heavy (non-hydrogen) atoms. The summed E-state index contributed by atoms with van der Waals surface area (Å²) in [6.45, 7) is 11.7. The molecule has 0 saturated carbocycles. The summed E-state index contributed by atoms with van der Waals surface area (Å²) in [7, 11) is 0. The fourth-order valence-corrected chi connectivity index (χ4v) is 6.20. The van der Waals surface area contributed by atoms with Crippen molar-refractivity contribution in [2.24, 2.45) is 5.41 Å². The number of nitrogens with zero attached hydrogens (tertiary/aromatic N) is 3. The lowest BCUT2D eigenvalue weighted by Gasteiger charge is -2.35. The number of carbonyl (C=O) groups excluding carboxylic acids is 4. The number of nitrogens with one attached hydrogen (secondary N) is 3. The summed E-state index contributed by atoms with van der Waals surface area (Å²) in [5, 5.41) is 19.4. The van der Waals surface area contributed by atoms with Crippen LogP contribution in [0.3, 0.4) is 0 Å². The monoisotopic (exact) mass is 598 g/mol. The molecule has 2 fully saturated rings. The topological polar surface area (TPSA) is 144 Å². The van der Waals surface area contributed by atoms with Crippen molar-refractivity contribution < 1.29 is 24.3 Å². The number of aliphatic hydroxyl groups excluding tert-OH is 1. The quantitative estimate of drug-likeness (QED) is 0.338. The van der Waals surface area contributed by atoms with Crippen molar-refractivity contribution in [2.75, 3.05) is 32.7 Å². The molecule has 2 aliphatic heterocycles. The Bertz CT molecular complexity index is 1280. The van der Waals surface area contributed by atoms with Gasteiger partial charge in [0.05, 0.1) is 28.2 Å². The van der Waals surface area contributed by atoms with Crippen LogP contribution in [0.2, 0.25) is 0 Å². The van der Waals surface area contributed by atoms with E-state index in [1.54, 1.807) is 16.2 Å². The van der Waals surface area contributed by atoms with Crippen LogP contribution in [0.25, 0.3) is 10.4 Å². The molecule has 2 aliphatic rings. The molecule has 228 valence electrons. The van der Waals surface area contributed by atoms with E-state index in [-0.39, 0.29) is 37.2 Å². The molecule has 2 saturated heterocycles. The highest BCUT2D eigenvalue weighted by atomic mass is 32.1. The van der Waals surface area contributed by atoms with E-state index in [4.69, 9.17) is 0 Å². The third-order valence-electron chi connectivity index (χ3n) is 7.84. The molecule has 4 amide bonds. The van der Waals surface area contributed by atoms with E-state index >= 15 is 0 Å². The molecule has 11 nitrogen and oxygen atoms in total. The number of likely N-dealkylation sites (tertiary alicyclic amines) is 1. The zero-order valence-corrected chi connectivity index (χ0v) is 25.8. The van der Waals surface area contributed by atoms with Crippen LogP contribution in [0.1, 0.15) is 57.8 Å². The molecule has 4 atom stereocenters. The summed E-state index contributed by atoms with van der Waals surface area (Å²) in [5.41, 5.74) is 4.03. The number of aryl methyl sites for hydroxylation is 1. The lowest BCUT2D eigenvalue weighted by molar-refractivity contribution is -0.145. The van der Waals surface area contributed by atoms with Crippen LogP contribution in [0.4, 0.5) is 0 Å². The van der Waals surface area contributed by atoms with E-state index in [1.807, 2.05) is 64.4 Å². The van der Waals surface area contributed by atoms with Crippen LogP contribution in [-0.4, -0.2) is 94.4 Å². The summed E-state index contributed by atoms with van der Waals surface area (Å²) in [5.74, 6) is -1.66. The molecular formula is C30H42N6O5S. The highest BCUT2D eigenvalue weighted by molar-refractivity contribution is 7.13. The Morgan fingerprint density at radius 2 is 1.79 bits per heavy atom. The van der Waals surface area contributed by atoms with Gasteiger partial charge in [-0.2, -0.15) is 0 Å². The van der Waals surface area contributed by atoms with E-state index in [1.165, 1.54) is 4.90 Å². The number of carbonyl (C=O) groups is 4. The highest BCUT2D eigenvalue weighted by Crippen LogP contribution is 2.29. The molecule has 12 heteroatoms. The molecular weight excluding hydrogens is 556 g/mol. The zero-order valence-electron chi connectivity index (χ0n) is 25.0. The standard InChI is InChI=1S/C30H42N6O5S/c1-18(20-6-8-21(9-7-20)26-19(2)32-17-42-26)33-28(40)23-14-22(37)16-36(23)29(41)27(30(3,4)5)34-24(38)15-25(39)35-12-10-31-11-13-35/h6-9,17-18,22-23,27,31,37H,10-16H2,1-5H3,(H,33,40)(H,34,38)/t18-,22+,23-,27+/m0/s1. The smallest absolute Gasteiger partial charge is 0.246 e. The second kappa shape index (κ2) is 13.3. The number of thiazole rings is 1. The first-order valence-electron chi connectivity index (χ1n) is 14.4. The first-order chi connectivity index (χ1) is 19.8. The van der Waals surface area contributed by atoms with Gasteiger partial charge in [0.15, 0.2) is 0 Å². The molecule has 0 radical (unpaired) electrons. The average molecular weight is 599 g/mol. The molecule has 2 aromatic rings. The fraction of sp³-hybridized carbons (Fsp3) is 0.567. The molecule has 4 rings (SSSR count). The SMILES string of the molecule is Cc1ncsc1-c1ccc([C@H](C)NC(=O)[C@@H]2C[C@@H](O)CN2C(=O)[C@@H](NC(=O)CC(=O)N2CCNCC2)C(C)(C)C)cc1. The third-order valence-corrected chi connectivity index (χ3v) is 8.82. The summed E-state index contributed by atoms with van der Waals surface area (Å²) in [6, 6.07) is 5.70. The van der Waals surface area contributed by atoms with Gasteiger partial charge in [0.25, 0.3) is 0 Å². The minimum absolute atomic E-state index is 0.0175. The number of hydrogen-bond acceptors (Lipinski definition) is 8. The maximum Gasteiger partial charge on any atom is 0.246 e. The maximum atomic E-state index is 13.8. The van der Waals surface area contributed by atoms with E-state index in [2.05, 4.69) is 20.9 Å². The lowest BCUT2D eigenvalue weighted by atomic mass is 9.85. The number of hydrogen-bond donors (Lipinski definition) is 4. The van der Waals surface area contributed by atoms with Crippen LogP contribution in [0, 0.1) is 12.3 Å². The highest BCUT2D eigenvalue weighted by Gasteiger charge is 2.44. The van der Waals surface area contributed by atoms with Gasteiger partial charge in [0.1, 0.15) is 18.5 Å². The van der Waals surface area contributed by atoms with Gasteiger partial charge in [0.2, 0.25) is 23.6 Å². The Balaban J connectivity index is 1.41. The van der Waals surface area contributed by atoms with Crippen molar-refractivity contribution in [3.8, 4) is 10.4 Å². The van der Waals surface area contributed by atoms with Gasteiger partial charge >= 0.3 is 0 Å². The summed E-state index contributed by atoms with van der Waals surface area (Å²) < 4.78 is 0. The van der Waals surface area contributed by atoms with Crippen molar-refractivity contribution in [1.29, 1.82) is 0 Å². The molecule has 0 spiro atoms. The van der Waals surface area contributed by atoms with E-state index in [0.717, 1.165) is 21.7 Å². The third kappa shape index (κ3) is 7.53. The van der Waals surface area contributed by atoms with Crippen molar-refractivity contribution in [3.63, 3.8) is 0 Å². The number of rotatable bonds is 8. The van der Waals surface area contributed by atoms with Crippen molar-refractivity contribution >= 4 is 35.0 Å². The van der Waals surface area contributed by atoms with Crippen molar-refractivity contribution in [3.05, 3.63) is 41.0 Å². The molecule has 0 unspecified atom stereocenters. The molecule has 1 aromatic carbocycles. The Morgan fingerprint density at radius 1 is 1.12 bits per heavy atom. The van der Waals surface area contributed by atoms with Crippen LogP contribution in [0.15, 0.2) is 29.8 Å². The summed E-state index contributed by atoms with van der Waals surface area (Å²) >= 11 is 1.57. The predicted octanol–water partition coefficient (Wildman–Crippen LogP) is 1.61. The minimum Gasteiger partial charge on any atom is -0.391 e. The van der Waals surface area contributed by atoms with Crippen LogP contribution < -0.4 is 16.0 Å². The van der Waals surface area contributed by atoms with Gasteiger partial charge < -0.3 is 30.9 Å². The first-order valence-corrected chi connectivity index (χ1v) is 15.3. The predicted molar refractivity (Wildman–Crippen MR) is 160 cm³/mol. The molecule has 0 bridgehead atoms. The van der Waals surface area contributed by atoms with Gasteiger partial charge in [-0.05, 0) is 30.4 Å². The number of piperazine rings is 1. The van der Waals surface area contributed by atoms with E-state index in [0.29, 0.717) is 26.2 Å². The van der Waals surface area contributed by atoms with Gasteiger partial charge in [-0.3, -0.25) is 19.2 Å². The largest absolute Gasteiger partial charge is 0.391 e. The first kappa shape index (κ1) is 31.6. The number of β-amino-alcohol motifs (C(OH)–C–C–N with tert-alkyl or cyclic N) is 1. The fourth-order valence-electron chi connectivity index (χ4n) is 5.39. The van der Waals surface area contributed by atoms with Crippen LogP contribution in [0.5, 0.6) is 0 Å². The Kier molecular flexibility index (Phi) is 10.0. The second-order valence-corrected chi connectivity index (χ2v) is 13.0. The van der Waals surface area contributed by atoms with Crippen LogP contribution in [-0.2, 0) is 19.2 Å². The van der Waals surface area contributed by atoms with E-state index < -0.39 is 35.4 Å². The molecule has 0 aliphatic carbocycles. The molecule has 4 N–H and O–H groups in total. The summed E-state index contributed by atoms with van der Waals surface area (Å²) in [6.07, 6.45) is -1.13. The Labute approximate surface area is 251 Å². The van der Waals surface area contributed by atoms with Gasteiger partial charge in [-0.1, -0.05) is 45.0 Å². The van der Waals surface area contributed by atoms with Gasteiger partial charge in [0, 0.05) is 39.1 Å². The molecule has 3 heterocycles. The molecule has 1 aromatic heterocycles. The van der Waals surface area contributed by atoms with Crippen molar-refractivity contribution in [2.45, 2.75) is 71.7 Å². The number of amides is 4. The van der Waals surface area contributed by atoms with Crippen molar-refractivity contribution in [1.82, 2.24) is 30.7 Å². The average Bonchev–Trinajstić information content (AvgIpc) is 3.56. The Hall–Kier alpha value is -3.35. The minimum atomic E-state index is -0.985. The number of benzene rings is 1. The number of aromatic nitrogens is 1. The van der Waals surface area contributed by atoms with E-state index in [9.17, 15) is 24.3 Å². The zero-order chi connectivity index (χ0) is 30.6. The lowest BCUT2D eigenvalue weighted by Crippen LogP contribution is -2.58. The number of aliphatic hydroxyl groups is 1. The second-order valence-electron chi connectivity index (χ2n) is 12.2. The van der Waals surface area contributed by atoms with Gasteiger partial charge in [-0.25, -0.2) is 4.98 Å². The maximum absolute atomic E-state index is 13.8. The Morgan fingerprint density at radius 3 is 2.38 bits per heavy atom. The summed E-state index contributed by atoms with van der Waals surface area (Å²) in [4.78, 5) is 61.2. The van der Waals surface area contributed by atoms with Gasteiger partial charge in [-0.15, -0.1) is 11.3 Å². The van der Waals surface area contributed by atoms with Crippen LogP contribution >= 0.6 is 11.3 Å². The normalized spacial score (nSPS) is 20.6.